The summed E-state index contributed by atoms with van der Waals surface area (Å²) in [6.07, 6.45) is 6.14. The summed E-state index contributed by atoms with van der Waals surface area (Å²) in [5.74, 6) is 0.0900. The second-order valence-corrected chi connectivity index (χ2v) is 9.36. The number of carbonyl (C=O) groups excluding carboxylic acids is 1. The molecule has 1 amide bonds. The summed E-state index contributed by atoms with van der Waals surface area (Å²) < 4.78 is 1.88. The van der Waals surface area contributed by atoms with E-state index in [1.165, 1.54) is 0 Å². The number of hydrogen-bond donors (Lipinski definition) is 0. The lowest BCUT2D eigenvalue weighted by atomic mass is 10.0. The number of amides is 1. The molecular formula is C27H31ClN4O. The van der Waals surface area contributed by atoms with Crippen LogP contribution in [0, 0.1) is 13.8 Å². The number of aromatic nitrogens is 2. The quantitative estimate of drug-likeness (QED) is 0.471. The second-order valence-electron chi connectivity index (χ2n) is 8.92. The number of halogens is 1. The summed E-state index contributed by atoms with van der Waals surface area (Å²) in [6, 6.07) is 16.5. The smallest absolute Gasteiger partial charge is 0.257 e. The molecule has 0 radical (unpaired) electrons. The van der Waals surface area contributed by atoms with Crippen LogP contribution in [0.2, 0.25) is 5.02 Å². The molecule has 0 atom stereocenters. The number of carbonyl (C=O) groups is 1. The Labute approximate surface area is 201 Å². The van der Waals surface area contributed by atoms with E-state index in [1.807, 2.05) is 59.8 Å². The van der Waals surface area contributed by atoms with E-state index in [9.17, 15) is 4.79 Å². The van der Waals surface area contributed by atoms with E-state index in [1.54, 1.807) is 0 Å². The van der Waals surface area contributed by atoms with E-state index in [0.29, 0.717) is 6.04 Å². The SMILES string of the molecule is Cc1nn(-c2cccc(C=Cc3ccc(Cl)cc3)c2)c(C)c1C(=O)N1CCC(N(C)C)CC1. The number of benzene rings is 2. The van der Waals surface area contributed by atoms with Gasteiger partial charge in [0.2, 0.25) is 0 Å². The Morgan fingerprint density at radius 1 is 1.03 bits per heavy atom. The number of hydrogen-bond acceptors (Lipinski definition) is 3. The highest BCUT2D eigenvalue weighted by Crippen LogP contribution is 2.23. The Kier molecular flexibility index (Phi) is 7.01. The van der Waals surface area contributed by atoms with Crippen molar-refractivity contribution in [1.82, 2.24) is 19.6 Å². The molecule has 1 aliphatic heterocycles. The molecular weight excluding hydrogens is 432 g/mol. The van der Waals surface area contributed by atoms with Crippen molar-refractivity contribution >= 4 is 29.7 Å². The lowest BCUT2D eigenvalue weighted by Crippen LogP contribution is -2.44. The Morgan fingerprint density at radius 3 is 2.36 bits per heavy atom. The van der Waals surface area contributed by atoms with Gasteiger partial charge < -0.3 is 9.80 Å². The summed E-state index contributed by atoms with van der Waals surface area (Å²) in [6.45, 7) is 5.48. The van der Waals surface area contributed by atoms with Crippen molar-refractivity contribution < 1.29 is 4.79 Å². The van der Waals surface area contributed by atoms with Crippen LogP contribution in [0.5, 0.6) is 0 Å². The van der Waals surface area contributed by atoms with Gasteiger partial charge >= 0.3 is 0 Å². The van der Waals surface area contributed by atoms with Crippen LogP contribution in [-0.4, -0.2) is 58.7 Å². The van der Waals surface area contributed by atoms with Gasteiger partial charge in [0.25, 0.3) is 5.91 Å². The molecule has 0 aliphatic carbocycles. The minimum absolute atomic E-state index is 0.0900. The molecule has 2 heterocycles. The van der Waals surface area contributed by atoms with Crippen LogP contribution in [0.25, 0.3) is 17.8 Å². The number of rotatable bonds is 5. The van der Waals surface area contributed by atoms with E-state index in [0.717, 1.165) is 64.7 Å². The molecule has 1 fully saturated rings. The average Bonchev–Trinajstić information content (AvgIpc) is 3.12. The fourth-order valence-corrected chi connectivity index (χ4v) is 4.60. The Bertz CT molecular complexity index is 1160. The van der Waals surface area contributed by atoms with Crippen LogP contribution < -0.4 is 0 Å². The molecule has 1 saturated heterocycles. The van der Waals surface area contributed by atoms with Crippen molar-refractivity contribution in [2.45, 2.75) is 32.7 Å². The monoisotopic (exact) mass is 462 g/mol. The normalized spacial score (nSPS) is 15.0. The van der Waals surface area contributed by atoms with E-state index >= 15 is 0 Å². The highest BCUT2D eigenvalue weighted by Gasteiger charge is 2.28. The van der Waals surface area contributed by atoms with Crippen LogP contribution in [0.4, 0.5) is 0 Å². The van der Waals surface area contributed by atoms with Gasteiger partial charge in [-0.3, -0.25) is 4.79 Å². The first-order valence-corrected chi connectivity index (χ1v) is 11.8. The number of piperidine rings is 1. The van der Waals surface area contributed by atoms with Gasteiger partial charge in [-0.1, -0.05) is 48.0 Å². The topological polar surface area (TPSA) is 41.4 Å². The predicted octanol–water partition coefficient (Wildman–Crippen LogP) is 5.48. The third-order valence-electron chi connectivity index (χ3n) is 6.44. The maximum absolute atomic E-state index is 13.4. The lowest BCUT2D eigenvalue weighted by molar-refractivity contribution is 0.0662. The minimum atomic E-state index is 0.0900. The molecule has 33 heavy (non-hydrogen) atoms. The fourth-order valence-electron chi connectivity index (χ4n) is 4.47. The maximum atomic E-state index is 13.4. The molecule has 2 aromatic carbocycles. The van der Waals surface area contributed by atoms with Crippen molar-refractivity contribution in [1.29, 1.82) is 0 Å². The predicted molar refractivity (Wildman–Crippen MR) is 136 cm³/mol. The third kappa shape index (κ3) is 5.21. The van der Waals surface area contributed by atoms with E-state index in [-0.39, 0.29) is 5.91 Å². The fraction of sp³-hybridized carbons (Fsp3) is 0.333. The standard InChI is InChI=1S/C27H31ClN4O/c1-19-26(27(33)31-16-14-24(15-17-31)30(3)4)20(2)32(29-19)25-7-5-6-22(18-25)9-8-21-10-12-23(28)13-11-21/h5-13,18,24H,14-17H2,1-4H3. The summed E-state index contributed by atoms with van der Waals surface area (Å²) in [4.78, 5) is 17.6. The van der Waals surface area contributed by atoms with E-state index in [4.69, 9.17) is 16.7 Å². The highest BCUT2D eigenvalue weighted by atomic mass is 35.5. The molecule has 3 aromatic rings. The van der Waals surface area contributed by atoms with Crippen LogP contribution in [0.15, 0.2) is 48.5 Å². The lowest BCUT2D eigenvalue weighted by Gasteiger charge is -2.35. The molecule has 5 nitrogen and oxygen atoms in total. The van der Waals surface area contributed by atoms with Crippen molar-refractivity contribution in [3.63, 3.8) is 0 Å². The Balaban J connectivity index is 1.55. The summed E-state index contributed by atoms with van der Waals surface area (Å²) >= 11 is 5.97. The van der Waals surface area contributed by atoms with Crippen molar-refractivity contribution in [2.24, 2.45) is 0 Å². The van der Waals surface area contributed by atoms with Crippen LogP contribution >= 0.6 is 11.6 Å². The maximum Gasteiger partial charge on any atom is 0.257 e. The Hall–Kier alpha value is -2.89. The Morgan fingerprint density at radius 2 is 1.70 bits per heavy atom. The van der Waals surface area contributed by atoms with Crippen LogP contribution in [-0.2, 0) is 0 Å². The van der Waals surface area contributed by atoms with E-state index < -0.39 is 0 Å². The van der Waals surface area contributed by atoms with Gasteiger partial charge in [0.1, 0.15) is 0 Å². The molecule has 0 spiro atoms. The molecule has 1 aromatic heterocycles. The summed E-state index contributed by atoms with van der Waals surface area (Å²) in [5.41, 5.74) is 5.47. The average molecular weight is 463 g/mol. The van der Waals surface area contributed by atoms with Crippen molar-refractivity contribution in [2.75, 3.05) is 27.2 Å². The van der Waals surface area contributed by atoms with Gasteiger partial charge in [-0.05, 0) is 76.2 Å². The highest BCUT2D eigenvalue weighted by molar-refractivity contribution is 6.30. The molecule has 0 unspecified atom stereocenters. The molecule has 0 N–H and O–H groups in total. The first kappa shape index (κ1) is 23.3. The molecule has 1 aliphatic rings. The van der Waals surface area contributed by atoms with E-state index in [2.05, 4.69) is 43.3 Å². The molecule has 4 rings (SSSR count). The van der Waals surface area contributed by atoms with Crippen molar-refractivity contribution in [3.05, 3.63) is 81.6 Å². The number of aryl methyl sites for hydroxylation is 1. The first-order valence-electron chi connectivity index (χ1n) is 11.4. The van der Waals surface area contributed by atoms with Gasteiger partial charge in [-0.2, -0.15) is 5.10 Å². The van der Waals surface area contributed by atoms with Gasteiger partial charge in [-0.25, -0.2) is 4.68 Å². The van der Waals surface area contributed by atoms with Gasteiger partial charge in [0.15, 0.2) is 0 Å². The molecule has 172 valence electrons. The van der Waals surface area contributed by atoms with Gasteiger partial charge in [0.05, 0.1) is 22.6 Å². The number of likely N-dealkylation sites (tertiary alicyclic amines) is 1. The molecule has 0 saturated carbocycles. The zero-order chi connectivity index (χ0) is 23.5. The van der Waals surface area contributed by atoms with Crippen LogP contribution in [0.1, 0.15) is 45.7 Å². The largest absolute Gasteiger partial charge is 0.338 e. The van der Waals surface area contributed by atoms with Crippen molar-refractivity contribution in [3.8, 4) is 5.69 Å². The summed E-state index contributed by atoms with van der Waals surface area (Å²) in [5, 5.41) is 5.46. The zero-order valence-corrected chi connectivity index (χ0v) is 20.5. The second kappa shape index (κ2) is 9.94. The van der Waals surface area contributed by atoms with Gasteiger partial charge in [-0.15, -0.1) is 0 Å². The first-order chi connectivity index (χ1) is 15.8. The minimum Gasteiger partial charge on any atom is -0.338 e. The molecule has 6 heteroatoms. The van der Waals surface area contributed by atoms with Gasteiger partial charge in [0, 0.05) is 24.2 Å². The third-order valence-corrected chi connectivity index (χ3v) is 6.69. The molecule has 0 bridgehead atoms. The van der Waals surface area contributed by atoms with Crippen LogP contribution in [0.3, 0.4) is 0 Å². The number of nitrogens with zero attached hydrogens (tertiary/aromatic N) is 4. The summed E-state index contributed by atoms with van der Waals surface area (Å²) in [7, 11) is 4.22. The zero-order valence-electron chi connectivity index (χ0n) is 19.8.